The number of hydrogen-bond donors (Lipinski definition) is 1. The summed E-state index contributed by atoms with van der Waals surface area (Å²) in [5.41, 5.74) is 7.19. The Balaban J connectivity index is 2.25. The first-order valence-corrected chi connectivity index (χ1v) is 6.50. The Bertz CT molecular complexity index is 609. The second kappa shape index (κ2) is 6.73. The van der Waals surface area contributed by atoms with Gasteiger partial charge < -0.3 is 10.6 Å². The summed E-state index contributed by atoms with van der Waals surface area (Å²) < 4.78 is 0. The van der Waals surface area contributed by atoms with Crippen molar-refractivity contribution in [2.24, 2.45) is 0 Å². The van der Waals surface area contributed by atoms with Crippen LogP contribution in [0.2, 0.25) is 5.02 Å². The molecule has 0 saturated carbocycles. The van der Waals surface area contributed by atoms with E-state index >= 15 is 0 Å². The molecular weight excluding hydrogens is 274 g/mol. The SMILES string of the molecule is N#CCCN(Cc1cccnc1)c1ncc(N)cc1Cl. The van der Waals surface area contributed by atoms with Gasteiger partial charge in [-0.25, -0.2) is 4.98 Å². The van der Waals surface area contributed by atoms with E-state index in [0.29, 0.717) is 36.0 Å². The number of nitrogens with zero attached hydrogens (tertiary/aromatic N) is 4. The van der Waals surface area contributed by atoms with E-state index in [9.17, 15) is 0 Å². The number of anilines is 2. The zero-order valence-electron chi connectivity index (χ0n) is 10.8. The van der Waals surface area contributed by atoms with Crippen molar-refractivity contribution < 1.29 is 0 Å². The monoisotopic (exact) mass is 287 g/mol. The number of nitrogen functional groups attached to an aromatic ring is 1. The number of hydrogen-bond acceptors (Lipinski definition) is 5. The molecule has 0 aliphatic rings. The second-order valence-electron chi connectivity index (χ2n) is 4.27. The number of pyridine rings is 2. The molecule has 6 heteroatoms. The molecule has 5 nitrogen and oxygen atoms in total. The Hall–Kier alpha value is -2.32. The molecule has 2 aromatic heterocycles. The lowest BCUT2D eigenvalue weighted by molar-refractivity contribution is 0.781. The molecule has 0 amide bonds. The molecule has 0 bridgehead atoms. The van der Waals surface area contributed by atoms with Crippen LogP contribution >= 0.6 is 11.6 Å². The van der Waals surface area contributed by atoms with E-state index in [0.717, 1.165) is 5.56 Å². The maximum atomic E-state index is 8.78. The zero-order valence-corrected chi connectivity index (χ0v) is 11.6. The molecule has 2 N–H and O–H groups in total. The van der Waals surface area contributed by atoms with Crippen molar-refractivity contribution >= 4 is 23.1 Å². The number of aromatic nitrogens is 2. The van der Waals surface area contributed by atoms with Gasteiger partial charge >= 0.3 is 0 Å². The molecule has 0 saturated heterocycles. The Labute approximate surface area is 122 Å². The predicted octanol–water partition coefficient (Wildman–Crippen LogP) is 2.63. The van der Waals surface area contributed by atoms with E-state index < -0.39 is 0 Å². The molecule has 0 fully saturated rings. The van der Waals surface area contributed by atoms with Crippen LogP contribution in [0.15, 0.2) is 36.8 Å². The average molecular weight is 288 g/mol. The molecular formula is C14H14ClN5. The highest BCUT2D eigenvalue weighted by Gasteiger charge is 2.13. The van der Waals surface area contributed by atoms with Crippen molar-refractivity contribution in [3.8, 4) is 6.07 Å². The summed E-state index contributed by atoms with van der Waals surface area (Å²) in [5.74, 6) is 0.625. The van der Waals surface area contributed by atoms with E-state index in [1.54, 1.807) is 24.7 Å². The van der Waals surface area contributed by atoms with Crippen LogP contribution in [0.3, 0.4) is 0 Å². The fourth-order valence-corrected chi connectivity index (χ4v) is 2.13. The van der Waals surface area contributed by atoms with Crippen molar-refractivity contribution in [2.45, 2.75) is 13.0 Å². The van der Waals surface area contributed by atoms with Gasteiger partial charge in [0.15, 0.2) is 0 Å². The maximum absolute atomic E-state index is 8.78. The van der Waals surface area contributed by atoms with E-state index in [1.807, 2.05) is 17.0 Å². The molecule has 2 aromatic rings. The third-order valence-electron chi connectivity index (χ3n) is 2.73. The Morgan fingerprint density at radius 2 is 2.25 bits per heavy atom. The van der Waals surface area contributed by atoms with Crippen LogP contribution in [0.5, 0.6) is 0 Å². The molecule has 0 atom stereocenters. The quantitative estimate of drug-likeness (QED) is 0.914. The first kappa shape index (κ1) is 14.1. The Morgan fingerprint density at radius 1 is 1.40 bits per heavy atom. The molecule has 2 heterocycles. The van der Waals surface area contributed by atoms with Gasteiger partial charge in [0, 0.05) is 25.5 Å². The first-order chi connectivity index (χ1) is 9.70. The highest BCUT2D eigenvalue weighted by molar-refractivity contribution is 6.33. The van der Waals surface area contributed by atoms with E-state index in [2.05, 4.69) is 16.0 Å². The minimum atomic E-state index is 0.392. The van der Waals surface area contributed by atoms with Gasteiger partial charge in [-0.15, -0.1) is 0 Å². The van der Waals surface area contributed by atoms with Crippen molar-refractivity contribution in [1.29, 1.82) is 5.26 Å². The summed E-state index contributed by atoms with van der Waals surface area (Å²) in [5, 5.41) is 9.26. The van der Waals surface area contributed by atoms with Gasteiger partial charge in [-0.3, -0.25) is 4.98 Å². The first-order valence-electron chi connectivity index (χ1n) is 6.12. The lowest BCUT2D eigenvalue weighted by Crippen LogP contribution is -2.25. The summed E-state index contributed by atoms with van der Waals surface area (Å²) in [4.78, 5) is 10.3. The summed E-state index contributed by atoms with van der Waals surface area (Å²) in [6.07, 6.45) is 5.45. The minimum absolute atomic E-state index is 0.392. The Kier molecular flexibility index (Phi) is 4.75. The molecule has 0 spiro atoms. The molecule has 0 aliphatic heterocycles. The molecule has 102 valence electrons. The third kappa shape index (κ3) is 3.59. The summed E-state index contributed by atoms with van der Waals surface area (Å²) >= 11 is 6.19. The number of halogens is 1. The smallest absolute Gasteiger partial charge is 0.147 e. The molecule has 0 aliphatic carbocycles. The summed E-state index contributed by atoms with van der Waals surface area (Å²) in [6, 6.07) is 7.63. The van der Waals surface area contributed by atoms with Crippen molar-refractivity contribution in [1.82, 2.24) is 9.97 Å². The third-order valence-corrected chi connectivity index (χ3v) is 3.01. The minimum Gasteiger partial charge on any atom is -0.397 e. The Morgan fingerprint density at radius 3 is 2.90 bits per heavy atom. The zero-order chi connectivity index (χ0) is 14.4. The average Bonchev–Trinajstić information content (AvgIpc) is 2.45. The van der Waals surface area contributed by atoms with Crippen LogP contribution in [0.4, 0.5) is 11.5 Å². The van der Waals surface area contributed by atoms with Crippen molar-refractivity contribution in [3.05, 3.63) is 47.4 Å². The van der Waals surface area contributed by atoms with Crippen molar-refractivity contribution in [3.63, 3.8) is 0 Å². The van der Waals surface area contributed by atoms with Gasteiger partial charge in [-0.05, 0) is 17.7 Å². The van der Waals surface area contributed by atoms with Crippen LogP contribution in [0.1, 0.15) is 12.0 Å². The highest BCUT2D eigenvalue weighted by Crippen LogP contribution is 2.26. The number of nitriles is 1. The van der Waals surface area contributed by atoms with Crippen LogP contribution in [-0.4, -0.2) is 16.5 Å². The lowest BCUT2D eigenvalue weighted by Gasteiger charge is -2.23. The van der Waals surface area contributed by atoms with Gasteiger partial charge in [-0.2, -0.15) is 5.26 Å². The lowest BCUT2D eigenvalue weighted by atomic mass is 10.2. The van der Waals surface area contributed by atoms with Gasteiger partial charge in [-0.1, -0.05) is 17.7 Å². The van der Waals surface area contributed by atoms with Gasteiger partial charge in [0.2, 0.25) is 0 Å². The standard InChI is InChI=1S/C14H14ClN5/c15-13-7-12(17)9-19-14(13)20(6-2-4-16)10-11-3-1-5-18-8-11/h1,3,5,7-9H,2,6,10,17H2. The molecule has 2 rings (SSSR count). The van der Waals surface area contributed by atoms with E-state index in [-0.39, 0.29) is 0 Å². The molecule has 0 unspecified atom stereocenters. The summed E-state index contributed by atoms with van der Waals surface area (Å²) in [6.45, 7) is 1.13. The molecule has 0 aromatic carbocycles. The van der Waals surface area contributed by atoms with Gasteiger partial charge in [0.25, 0.3) is 0 Å². The largest absolute Gasteiger partial charge is 0.397 e. The van der Waals surface area contributed by atoms with Gasteiger partial charge in [0.1, 0.15) is 5.82 Å². The fourth-order valence-electron chi connectivity index (χ4n) is 1.84. The van der Waals surface area contributed by atoms with Crippen LogP contribution < -0.4 is 10.6 Å². The molecule has 0 radical (unpaired) electrons. The van der Waals surface area contributed by atoms with Crippen LogP contribution in [-0.2, 0) is 6.54 Å². The van der Waals surface area contributed by atoms with Gasteiger partial charge in [0.05, 0.1) is 29.4 Å². The highest BCUT2D eigenvalue weighted by atomic mass is 35.5. The summed E-state index contributed by atoms with van der Waals surface area (Å²) in [7, 11) is 0. The van der Waals surface area contributed by atoms with Crippen LogP contribution in [0, 0.1) is 11.3 Å². The van der Waals surface area contributed by atoms with E-state index in [4.69, 9.17) is 22.6 Å². The second-order valence-corrected chi connectivity index (χ2v) is 4.67. The van der Waals surface area contributed by atoms with Crippen molar-refractivity contribution in [2.75, 3.05) is 17.2 Å². The normalized spacial score (nSPS) is 10.0. The topological polar surface area (TPSA) is 78.8 Å². The fraction of sp³-hybridized carbons (Fsp3) is 0.214. The molecule has 20 heavy (non-hydrogen) atoms. The number of nitrogens with two attached hydrogens (primary N) is 1. The van der Waals surface area contributed by atoms with E-state index in [1.165, 1.54) is 0 Å². The predicted molar refractivity (Wildman–Crippen MR) is 79.2 cm³/mol. The maximum Gasteiger partial charge on any atom is 0.147 e. The van der Waals surface area contributed by atoms with Crippen LogP contribution in [0.25, 0.3) is 0 Å². The number of rotatable bonds is 5.